The van der Waals surface area contributed by atoms with Crippen LogP contribution < -0.4 is 10.1 Å². The summed E-state index contributed by atoms with van der Waals surface area (Å²) in [5.41, 5.74) is 0.908. The Labute approximate surface area is 112 Å². The van der Waals surface area contributed by atoms with E-state index < -0.39 is 0 Å². The SMILES string of the molecule is Cn1cnc(Oc2ccc(CNC(C)(C)C)nn2)n1. The van der Waals surface area contributed by atoms with Gasteiger partial charge in [-0.25, -0.2) is 0 Å². The van der Waals surface area contributed by atoms with Crippen LogP contribution in [0.3, 0.4) is 0 Å². The lowest BCUT2D eigenvalue weighted by molar-refractivity contribution is 0.407. The fraction of sp³-hybridized carbons (Fsp3) is 0.500. The van der Waals surface area contributed by atoms with E-state index in [2.05, 4.69) is 46.4 Å². The first-order valence-electron chi connectivity index (χ1n) is 6.03. The van der Waals surface area contributed by atoms with Crippen molar-refractivity contribution >= 4 is 0 Å². The summed E-state index contributed by atoms with van der Waals surface area (Å²) in [6, 6.07) is 3.88. The molecule has 19 heavy (non-hydrogen) atoms. The standard InChI is InChI=1S/C12H18N6O/c1-12(2,3)14-7-9-5-6-10(16-15-9)19-11-13-8-18(4)17-11/h5-6,8,14H,7H2,1-4H3. The second-order valence-electron chi connectivity index (χ2n) is 5.27. The molecule has 7 nitrogen and oxygen atoms in total. The summed E-state index contributed by atoms with van der Waals surface area (Å²) in [5, 5.41) is 15.4. The average molecular weight is 262 g/mol. The number of hydrogen-bond acceptors (Lipinski definition) is 6. The van der Waals surface area contributed by atoms with Crippen molar-refractivity contribution in [2.45, 2.75) is 32.9 Å². The molecular formula is C12H18N6O. The third-order valence-electron chi connectivity index (χ3n) is 2.27. The first-order valence-corrected chi connectivity index (χ1v) is 6.03. The quantitative estimate of drug-likeness (QED) is 0.894. The van der Waals surface area contributed by atoms with Crippen molar-refractivity contribution in [3.05, 3.63) is 24.2 Å². The number of hydrogen-bond donors (Lipinski definition) is 1. The molecule has 2 aromatic heterocycles. The fourth-order valence-corrected chi connectivity index (χ4v) is 1.31. The van der Waals surface area contributed by atoms with Crippen molar-refractivity contribution in [3.8, 4) is 11.9 Å². The molecule has 0 unspecified atom stereocenters. The van der Waals surface area contributed by atoms with Crippen molar-refractivity contribution in [3.63, 3.8) is 0 Å². The van der Waals surface area contributed by atoms with E-state index in [1.807, 2.05) is 6.07 Å². The van der Waals surface area contributed by atoms with E-state index in [-0.39, 0.29) is 11.5 Å². The summed E-state index contributed by atoms with van der Waals surface area (Å²) in [6.45, 7) is 6.97. The Kier molecular flexibility index (Phi) is 3.75. The zero-order chi connectivity index (χ0) is 13.9. The summed E-state index contributed by atoms with van der Waals surface area (Å²) >= 11 is 0. The predicted octanol–water partition coefficient (Wildman–Crippen LogP) is 1.29. The maximum atomic E-state index is 5.36. The number of rotatable bonds is 4. The van der Waals surface area contributed by atoms with Gasteiger partial charge in [-0.15, -0.1) is 10.2 Å². The minimum Gasteiger partial charge on any atom is -0.402 e. The third-order valence-corrected chi connectivity index (χ3v) is 2.27. The van der Waals surface area contributed by atoms with Crippen LogP contribution in [0.1, 0.15) is 26.5 Å². The summed E-state index contributed by atoms with van der Waals surface area (Å²) in [5.74, 6) is 0.380. The highest BCUT2D eigenvalue weighted by Gasteiger charge is 2.09. The molecule has 0 aliphatic heterocycles. The van der Waals surface area contributed by atoms with Crippen LogP contribution in [0, 0.1) is 0 Å². The molecule has 1 N–H and O–H groups in total. The first-order chi connectivity index (χ1) is 8.92. The maximum absolute atomic E-state index is 5.36. The molecule has 0 spiro atoms. The Bertz CT molecular complexity index is 528. The van der Waals surface area contributed by atoms with Crippen molar-refractivity contribution in [1.29, 1.82) is 0 Å². The molecule has 0 radical (unpaired) electrons. The van der Waals surface area contributed by atoms with E-state index in [1.54, 1.807) is 24.1 Å². The Hall–Kier alpha value is -2.02. The molecule has 7 heteroatoms. The summed E-state index contributed by atoms with van der Waals surface area (Å²) in [6.07, 6.45) is 1.56. The molecule has 102 valence electrons. The van der Waals surface area contributed by atoms with Crippen LogP contribution in [0.4, 0.5) is 0 Å². The molecule has 2 heterocycles. The number of nitrogens with one attached hydrogen (secondary N) is 1. The van der Waals surface area contributed by atoms with Crippen LogP contribution >= 0.6 is 0 Å². The predicted molar refractivity (Wildman–Crippen MR) is 69.7 cm³/mol. The lowest BCUT2D eigenvalue weighted by Gasteiger charge is -2.19. The molecule has 0 fully saturated rings. The fourth-order valence-electron chi connectivity index (χ4n) is 1.31. The average Bonchev–Trinajstić information content (AvgIpc) is 2.73. The molecule has 0 aliphatic rings. The second kappa shape index (κ2) is 5.31. The molecule has 0 aliphatic carbocycles. The Morgan fingerprint density at radius 2 is 2.05 bits per heavy atom. The largest absolute Gasteiger partial charge is 0.402 e. The van der Waals surface area contributed by atoms with Crippen LogP contribution in [0.2, 0.25) is 0 Å². The molecule has 2 rings (SSSR count). The lowest BCUT2D eigenvalue weighted by Crippen LogP contribution is -2.35. The van der Waals surface area contributed by atoms with Crippen molar-refractivity contribution in [1.82, 2.24) is 30.3 Å². The smallest absolute Gasteiger partial charge is 0.342 e. The van der Waals surface area contributed by atoms with Gasteiger partial charge in [0.1, 0.15) is 6.33 Å². The monoisotopic (exact) mass is 262 g/mol. The van der Waals surface area contributed by atoms with Crippen LogP contribution in [-0.4, -0.2) is 30.5 Å². The van der Waals surface area contributed by atoms with Crippen LogP contribution in [0.25, 0.3) is 0 Å². The van der Waals surface area contributed by atoms with Crippen LogP contribution in [0.5, 0.6) is 11.9 Å². The van der Waals surface area contributed by atoms with Gasteiger partial charge in [0, 0.05) is 25.2 Å². The van der Waals surface area contributed by atoms with Gasteiger partial charge in [0.05, 0.1) is 5.69 Å². The molecule has 0 atom stereocenters. The maximum Gasteiger partial charge on any atom is 0.342 e. The van der Waals surface area contributed by atoms with E-state index in [0.29, 0.717) is 12.4 Å². The first kappa shape index (κ1) is 13.4. The van der Waals surface area contributed by atoms with E-state index in [0.717, 1.165) is 5.69 Å². The normalized spacial score (nSPS) is 11.6. The lowest BCUT2D eigenvalue weighted by atomic mass is 10.1. The van der Waals surface area contributed by atoms with Crippen LogP contribution in [0.15, 0.2) is 18.5 Å². The van der Waals surface area contributed by atoms with E-state index in [9.17, 15) is 0 Å². The Morgan fingerprint density at radius 1 is 1.26 bits per heavy atom. The molecule has 0 amide bonds. The van der Waals surface area contributed by atoms with Crippen molar-refractivity contribution in [2.75, 3.05) is 0 Å². The minimum absolute atomic E-state index is 0.0503. The highest BCUT2D eigenvalue weighted by molar-refractivity contribution is 5.14. The third kappa shape index (κ3) is 4.29. The summed E-state index contributed by atoms with van der Waals surface area (Å²) in [7, 11) is 1.77. The van der Waals surface area contributed by atoms with Gasteiger partial charge in [0.15, 0.2) is 0 Å². The van der Waals surface area contributed by atoms with E-state index in [1.165, 1.54) is 0 Å². The summed E-state index contributed by atoms with van der Waals surface area (Å²) < 4.78 is 6.92. The number of aryl methyl sites for hydroxylation is 1. The van der Waals surface area contributed by atoms with Crippen LogP contribution in [-0.2, 0) is 13.6 Å². The van der Waals surface area contributed by atoms with Crippen molar-refractivity contribution < 1.29 is 4.74 Å². The number of aromatic nitrogens is 5. The molecule has 0 saturated carbocycles. The van der Waals surface area contributed by atoms with Gasteiger partial charge in [0.25, 0.3) is 0 Å². The van der Waals surface area contributed by atoms with E-state index in [4.69, 9.17) is 4.74 Å². The van der Waals surface area contributed by atoms with Gasteiger partial charge in [0.2, 0.25) is 5.88 Å². The topological polar surface area (TPSA) is 77.8 Å². The van der Waals surface area contributed by atoms with Gasteiger partial charge < -0.3 is 10.1 Å². The second-order valence-corrected chi connectivity index (χ2v) is 5.27. The molecular weight excluding hydrogens is 244 g/mol. The van der Waals surface area contributed by atoms with E-state index >= 15 is 0 Å². The zero-order valence-electron chi connectivity index (χ0n) is 11.6. The number of nitrogens with zero attached hydrogens (tertiary/aromatic N) is 5. The van der Waals surface area contributed by atoms with Gasteiger partial charge in [-0.05, 0) is 26.8 Å². The molecule has 0 bridgehead atoms. The molecule has 0 aromatic carbocycles. The van der Waals surface area contributed by atoms with Gasteiger partial charge in [-0.3, -0.25) is 4.68 Å². The van der Waals surface area contributed by atoms with Crippen molar-refractivity contribution in [2.24, 2.45) is 7.05 Å². The Balaban J connectivity index is 1.95. The summed E-state index contributed by atoms with van der Waals surface area (Å²) in [4.78, 5) is 3.95. The van der Waals surface area contributed by atoms with Gasteiger partial charge >= 0.3 is 6.01 Å². The molecule has 2 aromatic rings. The zero-order valence-corrected chi connectivity index (χ0v) is 11.6. The molecule has 0 saturated heterocycles. The number of ether oxygens (including phenoxy) is 1. The highest BCUT2D eigenvalue weighted by atomic mass is 16.5. The Morgan fingerprint density at radius 3 is 2.58 bits per heavy atom. The van der Waals surface area contributed by atoms with Gasteiger partial charge in [-0.1, -0.05) is 0 Å². The minimum atomic E-state index is 0.0503. The van der Waals surface area contributed by atoms with Gasteiger partial charge in [-0.2, -0.15) is 10.1 Å². The highest BCUT2D eigenvalue weighted by Crippen LogP contribution is 2.13.